The van der Waals surface area contributed by atoms with Crippen LogP contribution in [0.5, 0.6) is 0 Å². The molecule has 1 aromatic carbocycles. The van der Waals surface area contributed by atoms with Gasteiger partial charge in [-0.2, -0.15) is 0 Å². The van der Waals surface area contributed by atoms with E-state index in [9.17, 15) is 9.18 Å². The van der Waals surface area contributed by atoms with Gasteiger partial charge in [0.1, 0.15) is 5.82 Å². The number of benzene rings is 1. The van der Waals surface area contributed by atoms with Gasteiger partial charge >= 0.3 is 5.97 Å². The second-order valence-corrected chi connectivity index (χ2v) is 2.58. The molecule has 1 aromatic rings. The molecule has 0 aromatic heterocycles. The molecule has 0 aliphatic heterocycles. The van der Waals surface area contributed by atoms with Gasteiger partial charge in [0.25, 0.3) is 0 Å². The van der Waals surface area contributed by atoms with Crippen molar-refractivity contribution in [3.05, 3.63) is 53.9 Å². The van der Waals surface area contributed by atoms with E-state index in [0.717, 1.165) is 6.08 Å². The summed E-state index contributed by atoms with van der Waals surface area (Å²) in [5.74, 6) is -1.35. The Labute approximate surface area is 81.0 Å². The summed E-state index contributed by atoms with van der Waals surface area (Å²) in [5, 5.41) is 8.27. The first kappa shape index (κ1) is 10.2. The van der Waals surface area contributed by atoms with Crippen molar-refractivity contribution in [2.45, 2.75) is 0 Å². The zero-order chi connectivity index (χ0) is 10.4. The first-order valence-corrected chi connectivity index (χ1v) is 4.02. The normalized spacial score (nSPS) is 11.2. The molecule has 0 aliphatic carbocycles. The van der Waals surface area contributed by atoms with Crippen LogP contribution < -0.4 is 0 Å². The lowest BCUT2D eigenvalue weighted by atomic mass is 10.2. The fourth-order valence-corrected chi connectivity index (χ4v) is 0.907. The number of carbonyl (C=O) groups is 1. The first-order chi connectivity index (χ1) is 6.70. The van der Waals surface area contributed by atoms with Gasteiger partial charge in [0.2, 0.25) is 0 Å². The minimum atomic E-state index is -1.02. The van der Waals surface area contributed by atoms with Gasteiger partial charge in [0.15, 0.2) is 0 Å². The van der Waals surface area contributed by atoms with E-state index >= 15 is 0 Å². The largest absolute Gasteiger partial charge is 0.478 e. The lowest BCUT2D eigenvalue weighted by Gasteiger charge is -1.92. The molecule has 0 heterocycles. The van der Waals surface area contributed by atoms with Gasteiger partial charge in [0.05, 0.1) is 0 Å². The van der Waals surface area contributed by atoms with Crippen LogP contribution in [0.3, 0.4) is 0 Å². The lowest BCUT2D eigenvalue weighted by molar-refractivity contribution is -0.131. The number of aliphatic carboxylic acids is 1. The summed E-state index contributed by atoms with van der Waals surface area (Å²) < 4.78 is 13.0. The van der Waals surface area contributed by atoms with E-state index in [1.165, 1.54) is 24.3 Å². The lowest BCUT2D eigenvalue weighted by Crippen LogP contribution is -1.84. The highest BCUT2D eigenvalue weighted by Crippen LogP contribution is 2.07. The van der Waals surface area contributed by atoms with E-state index < -0.39 is 5.97 Å². The van der Waals surface area contributed by atoms with Crippen molar-refractivity contribution in [2.75, 3.05) is 0 Å². The fraction of sp³-hybridized carbons (Fsp3) is 0. The highest BCUT2D eigenvalue weighted by atomic mass is 19.1. The van der Waals surface area contributed by atoms with Crippen LogP contribution in [-0.4, -0.2) is 11.1 Å². The molecule has 0 amide bonds. The fourth-order valence-electron chi connectivity index (χ4n) is 0.907. The molecule has 1 N–H and O–H groups in total. The summed E-state index contributed by atoms with van der Waals surface area (Å²) >= 11 is 0. The van der Waals surface area contributed by atoms with Crippen molar-refractivity contribution in [3.63, 3.8) is 0 Å². The standard InChI is InChI=1S/C11H9FO2/c12-10-7-3-1-5-9(10)6-2-4-8-11(13)14/h1-8H,(H,13,14). The molecule has 2 nitrogen and oxygen atoms in total. The SMILES string of the molecule is O=C(O)C=CC=Cc1ccccc1F. The highest BCUT2D eigenvalue weighted by Gasteiger charge is 1.93. The molecule has 3 heteroatoms. The molecule has 0 saturated carbocycles. The quantitative estimate of drug-likeness (QED) is 0.590. The summed E-state index contributed by atoms with van der Waals surface area (Å²) in [4.78, 5) is 10.1. The van der Waals surface area contributed by atoms with Gasteiger partial charge in [-0.1, -0.05) is 36.4 Å². The molecule has 0 fully saturated rings. The second kappa shape index (κ2) is 4.97. The third-order valence-electron chi connectivity index (χ3n) is 1.53. The van der Waals surface area contributed by atoms with Crippen LogP contribution in [0.25, 0.3) is 6.08 Å². The van der Waals surface area contributed by atoms with E-state index in [4.69, 9.17) is 5.11 Å². The van der Waals surface area contributed by atoms with Crippen LogP contribution in [0.1, 0.15) is 5.56 Å². The first-order valence-electron chi connectivity index (χ1n) is 4.02. The molecule has 0 spiro atoms. The Balaban J connectivity index is 2.69. The molecule has 0 bridgehead atoms. The van der Waals surface area contributed by atoms with Gasteiger partial charge in [-0.25, -0.2) is 9.18 Å². The summed E-state index contributed by atoms with van der Waals surface area (Å²) in [6, 6.07) is 6.27. The van der Waals surface area contributed by atoms with Crippen molar-refractivity contribution in [1.29, 1.82) is 0 Å². The highest BCUT2D eigenvalue weighted by molar-refractivity contribution is 5.80. The Bertz CT molecular complexity index is 381. The van der Waals surface area contributed by atoms with Gasteiger partial charge in [-0.3, -0.25) is 0 Å². The van der Waals surface area contributed by atoms with Crippen LogP contribution in [0.4, 0.5) is 4.39 Å². The van der Waals surface area contributed by atoms with E-state index in [2.05, 4.69) is 0 Å². The molecule has 72 valence electrons. The second-order valence-electron chi connectivity index (χ2n) is 2.58. The molecule has 0 atom stereocenters. The Morgan fingerprint density at radius 1 is 1.29 bits per heavy atom. The molecule has 14 heavy (non-hydrogen) atoms. The number of carboxylic acids is 1. The maximum atomic E-state index is 13.0. The van der Waals surface area contributed by atoms with Gasteiger partial charge < -0.3 is 5.11 Å². The molecule has 0 aliphatic rings. The third-order valence-corrected chi connectivity index (χ3v) is 1.53. The van der Waals surface area contributed by atoms with Crippen molar-refractivity contribution in [2.24, 2.45) is 0 Å². The van der Waals surface area contributed by atoms with Crippen LogP contribution in [0.2, 0.25) is 0 Å². The average Bonchev–Trinajstić information content (AvgIpc) is 2.15. The summed E-state index contributed by atoms with van der Waals surface area (Å²) in [5.41, 5.74) is 0.433. The van der Waals surface area contributed by atoms with E-state index in [1.807, 2.05) is 0 Å². The number of allylic oxidation sites excluding steroid dienone is 2. The molecule has 0 saturated heterocycles. The monoisotopic (exact) mass is 192 g/mol. The molecular formula is C11H9FO2. The zero-order valence-corrected chi connectivity index (χ0v) is 7.35. The van der Waals surface area contributed by atoms with Gasteiger partial charge in [-0.15, -0.1) is 0 Å². The Morgan fingerprint density at radius 2 is 2.00 bits per heavy atom. The van der Waals surface area contributed by atoms with Crippen LogP contribution in [0, 0.1) is 5.82 Å². The van der Waals surface area contributed by atoms with E-state index in [0.29, 0.717) is 5.56 Å². The Kier molecular flexibility index (Phi) is 3.61. The number of halogens is 1. The predicted octanol–water partition coefficient (Wildman–Crippen LogP) is 2.48. The number of carboxylic acid groups (broad SMARTS) is 1. The van der Waals surface area contributed by atoms with Crippen LogP contribution >= 0.6 is 0 Å². The Hall–Kier alpha value is -1.90. The Morgan fingerprint density at radius 3 is 2.64 bits per heavy atom. The summed E-state index contributed by atoms with van der Waals surface area (Å²) in [6.07, 6.45) is 5.31. The van der Waals surface area contributed by atoms with Gasteiger partial charge in [-0.05, 0) is 6.07 Å². The predicted molar refractivity (Wildman–Crippen MR) is 52.2 cm³/mol. The number of rotatable bonds is 3. The zero-order valence-electron chi connectivity index (χ0n) is 7.35. The topological polar surface area (TPSA) is 37.3 Å². The molecule has 0 radical (unpaired) electrons. The average molecular weight is 192 g/mol. The smallest absolute Gasteiger partial charge is 0.328 e. The third kappa shape index (κ3) is 3.23. The van der Waals surface area contributed by atoms with Crippen molar-refractivity contribution < 1.29 is 14.3 Å². The maximum absolute atomic E-state index is 13.0. The van der Waals surface area contributed by atoms with E-state index in [-0.39, 0.29) is 5.82 Å². The summed E-state index contributed by atoms with van der Waals surface area (Å²) in [7, 11) is 0. The molecular weight excluding hydrogens is 183 g/mol. The summed E-state index contributed by atoms with van der Waals surface area (Å²) in [6.45, 7) is 0. The van der Waals surface area contributed by atoms with Crippen LogP contribution in [-0.2, 0) is 4.79 Å². The van der Waals surface area contributed by atoms with Crippen molar-refractivity contribution in [1.82, 2.24) is 0 Å². The maximum Gasteiger partial charge on any atom is 0.328 e. The van der Waals surface area contributed by atoms with Crippen LogP contribution in [0.15, 0.2) is 42.5 Å². The van der Waals surface area contributed by atoms with Gasteiger partial charge in [0, 0.05) is 11.6 Å². The van der Waals surface area contributed by atoms with E-state index in [1.54, 1.807) is 18.2 Å². The van der Waals surface area contributed by atoms with Crippen molar-refractivity contribution in [3.8, 4) is 0 Å². The minimum absolute atomic E-state index is 0.326. The number of hydrogen-bond acceptors (Lipinski definition) is 1. The van der Waals surface area contributed by atoms with Crippen molar-refractivity contribution >= 4 is 12.0 Å². The minimum Gasteiger partial charge on any atom is -0.478 e. The molecule has 0 unspecified atom stereocenters. The molecule has 1 rings (SSSR count). The number of hydrogen-bond donors (Lipinski definition) is 1.